The summed E-state index contributed by atoms with van der Waals surface area (Å²) in [5, 5.41) is 11.1. The van der Waals surface area contributed by atoms with Gasteiger partial charge in [0.1, 0.15) is 11.5 Å². The van der Waals surface area contributed by atoms with Gasteiger partial charge in [-0.25, -0.2) is 0 Å². The van der Waals surface area contributed by atoms with Gasteiger partial charge in [-0.1, -0.05) is 24.3 Å². The fourth-order valence-corrected chi connectivity index (χ4v) is 2.14. The molecule has 2 aromatic carbocycles. The van der Waals surface area contributed by atoms with Gasteiger partial charge in [-0.2, -0.15) is 0 Å². The molecule has 0 fully saturated rings. The molecule has 7 nitrogen and oxygen atoms in total. The van der Waals surface area contributed by atoms with Crippen LogP contribution in [0.2, 0.25) is 0 Å². The van der Waals surface area contributed by atoms with Gasteiger partial charge in [-0.3, -0.25) is 20.1 Å². The molecule has 0 N–H and O–H groups in total. The van der Waals surface area contributed by atoms with Crippen molar-refractivity contribution in [2.24, 2.45) is 9.98 Å². The number of hydrogen-bond donors (Lipinski definition) is 0. The smallest absolute Gasteiger partial charge is 0.282 e. The first-order chi connectivity index (χ1) is 12.6. The van der Waals surface area contributed by atoms with Crippen molar-refractivity contribution in [3.05, 3.63) is 69.8 Å². The zero-order valence-corrected chi connectivity index (χ0v) is 14.7. The first-order valence-electron chi connectivity index (χ1n) is 8.01. The van der Waals surface area contributed by atoms with Gasteiger partial charge in [0.2, 0.25) is 0 Å². The van der Waals surface area contributed by atoms with Crippen molar-refractivity contribution in [3.63, 3.8) is 0 Å². The Morgan fingerprint density at radius 2 is 1.27 bits per heavy atom. The number of nitro groups is 1. The average molecular weight is 355 g/mol. The summed E-state index contributed by atoms with van der Waals surface area (Å²) in [6.07, 6.45) is 2.61. The van der Waals surface area contributed by atoms with E-state index in [-0.39, 0.29) is 0 Å². The van der Waals surface area contributed by atoms with Gasteiger partial charge in [0.05, 0.1) is 39.7 Å². The first kappa shape index (κ1) is 19.1. The molecule has 2 rings (SSSR count). The zero-order valence-electron chi connectivity index (χ0n) is 14.7. The Balaban J connectivity index is 1.91. The average Bonchev–Trinajstić information content (AvgIpc) is 2.67. The van der Waals surface area contributed by atoms with E-state index in [1.54, 1.807) is 14.2 Å². The van der Waals surface area contributed by atoms with Crippen LogP contribution in [0.5, 0.6) is 11.5 Å². The van der Waals surface area contributed by atoms with Gasteiger partial charge in [0.15, 0.2) is 0 Å². The van der Waals surface area contributed by atoms with Gasteiger partial charge in [0, 0.05) is 4.92 Å². The Kier molecular flexibility index (Phi) is 7.30. The molecule has 0 spiro atoms. The lowest BCUT2D eigenvalue weighted by molar-refractivity contribution is -0.482. The number of methoxy groups -OCH3 is 2. The van der Waals surface area contributed by atoms with Gasteiger partial charge < -0.3 is 9.47 Å². The maximum atomic E-state index is 11.1. The van der Waals surface area contributed by atoms with E-state index in [4.69, 9.17) is 9.47 Å². The Labute approximate surface area is 152 Å². The summed E-state index contributed by atoms with van der Waals surface area (Å²) in [6.45, 7) is 0.724. The summed E-state index contributed by atoms with van der Waals surface area (Å²) in [4.78, 5) is 19.0. The highest BCUT2D eigenvalue weighted by Crippen LogP contribution is 2.12. The van der Waals surface area contributed by atoms with E-state index in [1.807, 2.05) is 48.5 Å². The minimum absolute atomic E-state index is 0.362. The Hall–Kier alpha value is -3.22. The van der Waals surface area contributed by atoms with E-state index < -0.39 is 11.0 Å². The third-order valence-corrected chi connectivity index (χ3v) is 3.63. The fourth-order valence-electron chi connectivity index (χ4n) is 2.14. The quantitative estimate of drug-likeness (QED) is 0.393. The maximum Gasteiger partial charge on any atom is 0.282 e. The summed E-state index contributed by atoms with van der Waals surface area (Å²) in [5.74, 6) is 1.51. The van der Waals surface area contributed by atoms with Crippen LogP contribution in [0.25, 0.3) is 0 Å². The van der Waals surface area contributed by atoms with Crippen LogP contribution in [0.15, 0.2) is 58.5 Å². The van der Waals surface area contributed by atoms with Crippen molar-refractivity contribution in [1.29, 1.82) is 0 Å². The molecule has 0 heterocycles. The summed E-state index contributed by atoms with van der Waals surface area (Å²) in [7, 11) is 3.19. The van der Waals surface area contributed by atoms with Crippen LogP contribution in [-0.4, -0.2) is 37.6 Å². The van der Waals surface area contributed by atoms with Crippen molar-refractivity contribution in [2.45, 2.75) is 19.1 Å². The van der Waals surface area contributed by atoms with Crippen molar-refractivity contribution < 1.29 is 14.4 Å². The molecule has 0 atom stereocenters. The fraction of sp³-hybridized carbons (Fsp3) is 0.263. The normalized spacial score (nSPS) is 12.4. The topological polar surface area (TPSA) is 86.3 Å². The second-order valence-electron chi connectivity index (χ2n) is 5.45. The Morgan fingerprint density at radius 1 is 0.885 bits per heavy atom. The predicted octanol–water partition coefficient (Wildman–Crippen LogP) is 3.19. The molecule has 2 aromatic rings. The highest BCUT2D eigenvalue weighted by molar-refractivity contribution is 5.86. The second kappa shape index (κ2) is 9.93. The number of aliphatic imine (C=N–C) groups is 2. The van der Waals surface area contributed by atoms with Crippen molar-refractivity contribution >= 4 is 12.4 Å². The van der Waals surface area contributed by atoms with E-state index in [0.717, 1.165) is 22.6 Å². The van der Waals surface area contributed by atoms with E-state index in [9.17, 15) is 10.1 Å². The van der Waals surface area contributed by atoms with E-state index >= 15 is 0 Å². The maximum absolute atomic E-state index is 11.1. The summed E-state index contributed by atoms with van der Waals surface area (Å²) >= 11 is 0. The molecule has 0 saturated heterocycles. The Bertz CT molecular complexity index is 696. The minimum atomic E-state index is -1.05. The molecule has 26 heavy (non-hydrogen) atoms. The number of nitrogens with zero attached hydrogens (tertiary/aromatic N) is 3. The molecule has 0 aliphatic rings. The third-order valence-electron chi connectivity index (χ3n) is 3.63. The number of hydrogen-bond acceptors (Lipinski definition) is 6. The van der Waals surface area contributed by atoms with E-state index in [1.165, 1.54) is 12.4 Å². The highest BCUT2D eigenvalue weighted by atomic mass is 16.6. The van der Waals surface area contributed by atoms with Crippen LogP contribution in [-0.2, 0) is 13.1 Å². The van der Waals surface area contributed by atoms with Gasteiger partial charge in [-0.15, -0.1) is 0 Å². The van der Waals surface area contributed by atoms with Crippen molar-refractivity contribution in [3.8, 4) is 11.5 Å². The molecule has 0 radical (unpaired) electrons. The molecule has 0 bridgehead atoms. The number of benzene rings is 2. The van der Waals surface area contributed by atoms with E-state index in [2.05, 4.69) is 9.98 Å². The van der Waals surface area contributed by atoms with Crippen LogP contribution in [0.3, 0.4) is 0 Å². The third kappa shape index (κ3) is 6.01. The first-order valence-corrected chi connectivity index (χ1v) is 8.01. The van der Waals surface area contributed by atoms with Gasteiger partial charge in [-0.05, 0) is 35.4 Å². The summed E-state index contributed by atoms with van der Waals surface area (Å²) < 4.78 is 10.2. The molecule has 136 valence electrons. The molecular weight excluding hydrogens is 334 g/mol. The van der Waals surface area contributed by atoms with Crippen molar-refractivity contribution in [1.82, 2.24) is 0 Å². The highest BCUT2D eigenvalue weighted by Gasteiger charge is 2.13. The lowest BCUT2D eigenvalue weighted by Gasteiger charge is -2.02. The monoisotopic (exact) mass is 355 g/mol. The molecule has 7 heteroatoms. The van der Waals surface area contributed by atoms with Crippen LogP contribution in [0, 0.1) is 10.1 Å². The molecule has 0 unspecified atom stereocenters. The van der Waals surface area contributed by atoms with Gasteiger partial charge >= 0.3 is 0 Å². The van der Waals surface area contributed by atoms with Crippen molar-refractivity contribution in [2.75, 3.05) is 14.2 Å². The minimum Gasteiger partial charge on any atom is -0.497 e. The molecule has 0 aliphatic carbocycles. The van der Waals surface area contributed by atoms with Crippen LogP contribution < -0.4 is 9.47 Å². The molecule has 0 aromatic heterocycles. The van der Waals surface area contributed by atoms with E-state index in [0.29, 0.717) is 13.1 Å². The zero-order chi connectivity index (χ0) is 18.8. The van der Waals surface area contributed by atoms with Crippen LogP contribution >= 0.6 is 0 Å². The molecule has 0 saturated carbocycles. The largest absolute Gasteiger partial charge is 0.497 e. The lowest BCUT2D eigenvalue weighted by atomic mass is 10.2. The number of rotatable bonds is 9. The lowest BCUT2D eigenvalue weighted by Crippen LogP contribution is -2.22. The standard InChI is InChI=1S/C19H21N3O4/c1-25-18-7-3-15(4-8-18)11-20-13-17(22(23)24)14-21-12-16-5-9-19(26-2)10-6-16/h3-10,13-14,17H,11-12H2,1-2H3. The summed E-state index contributed by atoms with van der Waals surface area (Å²) in [5.41, 5.74) is 1.89. The second-order valence-corrected chi connectivity index (χ2v) is 5.45. The number of ether oxygens (including phenoxy) is 2. The molecular formula is C19H21N3O4. The molecule has 0 aliphatic heterocycles. The summed E-state index contributed by atoms with van der Waals surface area (Å²) in [6, 6.07) is 13.7. The molecule has 0 amide bonds. The van der Waals surface area contributed by atoms with Crippen LogP contribution in [0.1, 0.15) is 11.1 Å². The van der Waals surface area contributed by atoms with Crippen LogP contribution in [0.4, 0.5) is 0 Å². The SMILES string of the molecule is COc1ccc(CN=CC(C=NCc2ccc(OC)cc2)[N+](=O)[O-])cc1. The predicted molar refractivity (Wildman–Crippen MR) is 101 cm³/mol. The Morgan fingerprint density at radius 3 is 1.58 bits per heavy atom. The van der Waals surface area contributed by atoms with Gasteiger partial charge in [0.25, 0.3) is 6.04 Å².